The van der Waals surface area contributed by atoms with Gasteiger partial charge in [-0.25, -0.2) is 4.99 Å². The molecule has 0 radical (unpaired) electrons. The summed E-state index contributed by atoms with van der Waals surface area (Å²) >= 11 is 0. The van der Waals surface area contributed by atoms with Crippen molar-refractivity contribution >= 4 is 35.8 Å². The van der Waals surface area contributed by atoms with E-state index in [9.17, 15) is 4.79 Å². The molecule has 1 aliphatic heterocycles. The largest absolute Gasteiger partial charge is 0.357 e. The Kier molecular flexibility index (Phi) is 11.6. The van der Waals surface area contributed by atoms with E-state index in [0.717, 1.165) is 38.2 Å². The van der Waals surface area contributed by atoms with Crippen LogP contribution in [0.5, 0.6) is 0 Å². The number of aliphatic imine (C=N–C) groups is 1. The fourth-order valence-electron chi connectivity index (χ4n) is 3.98. The van der Waals surface area contributed by atoms with Crippen LogP contribution in [0.25, 0.3) is 0 Å². The number of rotatable bonds is 9. The van der Waals surface area contributed by atoms with Gasteiger partial charge in [-0.3, -0.25) is 14.7 Å². The molecule has 7 nitrogen and oxygen atoms in total. The molecule has 0 aliphatic carbocycles. The molecule has 3 rings (SSSR count). The minimum Gasteiger partial charge on any atom is -0.357 e. The number of hydrogen-bond donors (Lipinski definition) is 2. The number of halogens is 1. The molecular weight excluding hydrogens is 527 g/mol. The minimum absolute atomic E-state index is 0. The van der Waals surface area contributed by atoms with E-state index in [1.54, 1.807) is 11.1 Å². The Hall–Kier alpha value is -2.20. The first kappa shape index (κ1) is 27.0. The predicted molar refractivity (Wildman–Crippen MR) is 145 cm³/mol. The lowest BCUT2D eigenvalue weighted by molar-refractivity contribution is -0.128. The van der Waals surface area contributed by atoms with Gasteiger partial charge in [0.25, 0.3) is 0 Å². The quantitative estimate of drug-likeness (QED) is 0.279. The second-order valence-corrected chi connectivity index (χ2v) is 8.42. The van der Waals surface area contributed by atoms with Crippen LogP contribution < -0.4 is 10.6 Å². The van der Waals surface area contributed by atoms with E-state index in [0.29, 0.717) is 24.6 Å². The Morgan fingerprint density at radius 1 is 1.21 bits per heavy atom. The molecule has 0 bridgehead atoms. The summed E-state index contributed by atoms with van der Waals surface area (Å²) < 4.78 is 0. The van der Waals surface area contributed by atoms with Gasteiger partial charge in [-0.15, -0.1) is 24.0 Å². The van der Waals surface area contributed by atoms with Crippen LogP contribution in [-0.2, 0) is 17.8 Å². The minimum atomic E-state index is 0. The smallest absolute Gasteiger partial charge is 0.244 e. The molecule has 2 atom stereocenters. The van der Waals surface area contributed by atoms with Gasteiger partial charge >= 0.3 is 0 Å². The first-order valence-corrected chi connectivity index (χ1v) is 11.5. The summed E-state index contributed by atoms with van der Waals surface area (Å²) in [6.07, 6.45) is 3.57. The Labute approximate surface area is 215 Å². The van der Waals surface area contributed by atoms with Crippen LogP contribution in [0.2, 0.25) is 0 Å². The fourth-order valence-corrected chi connectivity index (χ4v) is 3.98. The Morgan fingerprint density at radius 3 is 2.67 bits per heavy atom. The van der Waals surface area contributed by atoms with Gasteiger partial charge in [0, 0.05) is 63.6 Å². The number of nitrogens with zero attached hydrogens (tertiary/aromatic N) is 4. The lowest BCUT2D eigenvalue weighted by Crippen LogP contribution is -2.45. The molecule has 8 heteroatoms. The average Bonchev–Trinajstić information content (AvgIpc) is 3.15. The Bertz CT molecular complexity index is 864. The van der Waals surface area contributed by atoms with Crippen molar-refractivity contribution in [2.24, 2.45) is 4.99 Å². The van der Waals surface area contributed by atoms with E-state index in [4.69, 9.17) is 0 Å². The lowest BCUT2D eigenvalue weighted by atomic mass is 10.2. The zero-order valence-corrected chi connectivity index (χ0v) is 22.2. The summed E-state index contributed by atoms with van der Waals surface area (Å²) in [6, 6.07) is 17.2. The first-order chi connectivity index (χ1) is 15.5. The number of likely N-dealkylation sites (N-methyl/N-ethyl adjacent to an activating group) is 1. The van der Waals surface area contributed by atoms with E-state index < -0.39 is 0 Å². The summed E-state index contributed by atoms with van der Waals surface area (Å²) in [5.41, 5.74) is 2.32. The normalized spacial score (nSPS) is 18.5. The molecule has 2 heterocycles. The maximum atomic E-state index is 12.6. The van der Waals surface area contributed by atoms with Crippen LogP contribution in [0.4, 0.5) is 0 Å². The molecule has 1 aliphatic rings. The summed E-state index contributed by atoms with van der Waals surface area (Å²) in [6.45, 7) is 7.73. The molecule has 2 N–H and O–H groups in total. The van der Waals surface area contributed by atoms with Crippen LogP contribution >= 0.6 is 24.0 Å². The number of pyridine rings is 1. The maximum absolute atomic E-state index is 12.6. The van der Waals surface area contributed by atoms with E-state index in [-0.39, 0.29) is 36.4 Å². The van der Waals surface area contributed by atoms with Gasteiger partial charge in [-0.05, 0) is 38.0 Å². The third-order valence-electron chi connectivity index (χ3n) is 5.85. The van der Waals surface area contributed by atoms with Crippen molar-refractivity contribution in [1.82, 2.24) is 25.4 Å². The van der Waals surface area contributed by atoms with Gasteiger partial charge in [0.05, 0.1) is 0 Å². The number of carbonyl (C=O) groups excluding carboxylic acids is 1. The van der Waals surface area contributed by atoms with Crippen molar-refractivity contribution in [3.05, 3.63) is 66.0 Å². The van der Waals surface area contributed by atoms with Crippen molar-refractivity contribution < 1.29 is 4.79 Å². The van der Waals surface area contributed by atoms with Gasteiger partial charge in [-0.1, -0.05) is 36.4 Å². The number of amides is 1. The van der Waals surface area contributed by atoms with Crippen molar-refractivity contribution in [1.29, 1.82) is 0 Å². The van der Waals surface area contributed by atoms with Gasteiger partial charge in [0.15, 0.2) is 5.96 Å². The van der Waals surface area contributed by atoms with E-state index in [1.165, 1.54) is 5.56 Å². The molecule has 180 valence electrons. The maximum Gasteiger partial charge on any atom is 0.244 e. The second kappa shape index (κ2) is 14.1. The highest BCUT2D eigenvalue weighted by molar-refractivity contribution is 14.0. The van der Waals surface area contributed by atoms with Crippen LogP contribution in [-0.4, -0.2) is 72.0 Å². The monoisotopic (exact) mass is 564 g/mol. The predicted octanol–water partition coefficient (Wildman–Crippen LogP) is 2.92. The molecule has 2 aromatic rings. The van der Waals surface area contributed by atoms with Crippen LogP contribution in [0.1, 0.15) is 31.5 Å². The molecule has 1 amide bonds. The molecule has 1 fully saturated rings. The number of aromatic nitrogens is 1. The van der Waals surface area contributed by atoms with Gasteiger partial charge in [-0.2, -0.15) is 0 Å². The molecule has 1 aromatic carbocycles. The molecule has 0 spiro atoms. The van der Waals surface area contributed by atoms with Gasteiger partial charge in [0.2, 0.25) is 5.91 Å². The Morgan fingerprint density at radius 2 is 1.97 bits per heavy atom. The van der Waals surface area contributed by atoms with Crippen LogP contribution in [0.15, 0.2) is 59.7 Å². The van der Waals surface area contributed by atoms with Gasteiger partial charge < -0.3 is 15.5 Å². The standard InChI is InChI=1S/C25H36N6O.HI/c1-4-26-25(28-17-24(32)30(3)15-13-22-12-8-9-14-27-22)29-23-16-20(2)31(19-23)18-21-10-6-5-7-11-21;/h5-12,14,20,23H,4,13,15-19H2,1-3H3,(H2,26,28,29);1H. The zero-order chi connectivity index (χ0) is 22.8. The van der Waals surface area contributed by atoms with Crippen LogP contribution in [0, 0.1) is 0 Å². The van der Waals surface area contributed by atoms with Crippen molar-refractivity contribution in [3.63, 3.8) is 0 Å². The van der Waals surface area contributed by atoms with Gasteiger partial charge in [0.1, 0.15) is 6.54 Å². The van der Waals surface area contributed by atoms with Crippen LogP contribution in [0.3, 0.4) is 0 Å². The van der Waals surface area contributed by atoms with Crippen molar-refractivity contribution in [2.45, 2.75) is 45.3 Å². The molecule has 1 saturated heterocycles. The zero-order valence-electron chi connectivity index (χ0n) is 19.9. The SMILES string of the molecule is CCNC(=NCC(=O)N(C)CCc1ccccn1)NC1CC(C)N(Cc2ccccc2)C1.I. The molecule has 0 saturated carbocycles. The van der Waals surface area contributed by atoms with Crippen molar-refractivity contribution in [2.75, 3.05) is 33.2 Å². The number of benzene rings is 1. The number of nitrogens with one attached hydrogen (secondary N) is 2. The summed E-state index contributed by atoms with van der Waals surface area (Å²) in [4.78, 5) is 25.6. The topological polar surface area (TPSA) is 72.9 Å². The number of carbonyl (C=O) groups is 1. The molecule has 2 unspecified atom stereocenters. The molecule has 33 heavy (non-hydrogen) atoms. The highest BCUT2D eigenvalue weighted by Gasteiger charge is 2.29. The first-order valence-electron chi connectivity index (χ1n) is 11.5. The summed E-state index contributed by atoms with van der Waals surface area (Å²) in [5, 5.41) is 6.81. The highest BCUT2D eigenvalue weighted by Crippen LogP contribution is 2.20. The third-order valence-corrected chi connectivity index (χ3v) is 5.85. The highest BCUT2D eigenvalue weighted by atomic mass is 127. The average molecular weight is 565 g/mol. The molecular formula is C25H37IN6O. The summed E-state index contributed by atoms with van der Waals surface area (Å²) in [7, 11) is 1.82. The second-order valence-electron chi connectivity index (χ2n) is 8.42. The summed E-state index contributed by atoms with van der Waals surface area (Å²) in [5.74, 6) is 0.710. The number of guanidine groups is 1. The van der Waals surface area contributed by atoms with E-state index >= 15 is 0 Å². The van der Waals surface area contributed by atoms with E-state index in [2.05, 4.69) is 62.8 Å². The molecule has 1 aromatic heterocycles. The van der Waals surface area contributed by atoms with E-state index in [1.807, 2.05) is 32.2 Å². The number of likely N-dealkylation sites (tertiary alicyclic amines) is 1. The lowest BCUT2D eigenvalue weighted by Gasteiger charge is -2.21. The third kappa shape index (κ3) is 8.92. The van der Waals surface area contributed by atoms with Crippen molar-refractivity contribution in [3.8, 4) is 0 Å². The fraction of sp³-hybridized carbons (Fsp3) is 0.480. The Balaban J connectivity index is 0.00000385. The number of hydrogen-bond acceptors (Lipinski definition) is 4.